The summed E-state index contributed by atoms with van der Waals surface area (Å²) in [5, 5.41) is 25.6. The third-order valence-electron chi connectivity index (χ3n) is 21.7. The molecule has 116 heavy (non-hydrogen) atoms. The van der Waals surface area contributed by atoms with Gasteiger partial charge in [-0.1, -0.05) is 278 Å². The monoisotopic (exact) mass is 1580 g/mol. The lowest BCUT2D eigenvalue weighted by Gasteiger charge is -2.25. The smallest absolute Gasteiger partial charge is 0.323 e. The maximum atomic E-state index is 14.7. The molecule has 16 heteroatoms. The first-order valence-electron chi connectivity index (χ1n) is 44.3. The van der Waals surface area contributed by atoms with E-state index in [1.54, 1.807) is 0 Å². The molecule has 0 saturated heterocycles. The number of amides is 8. The van der Waals surface area contributed by atoms with Crippen molar-refractivity contribution in [1.82, 2.24) is 0 Å². The lowest BCUT2D eigenvalue weighted by molar-refractivity contribution is 0.261. The van der Waals surface area contributed by atoms with Crippen LogP contribution in [0.3, 0.4) is 0 Å². The van der Waals surface area contributed by atoms with Crippen molar-refractivity contribution in [2.24, 2.45) is 0 Å². The first-order chi connectivity index (χ1) is 56.6. The van der Waals surface area contributed by atoms with Crippen LogP contribution in [0, 0.1) is 27.7 Å². The third-order valence-corrected chi connectivity index (χ3v) is 21.7. The van der Waals surface area contributed by atoms with E-state index in [1.807, 2.05) is 173 Å². The zero-order chi connectivity index (χ0) is 81.9. The number of fused-ring (bicyclic) bond motifs is 8. The van der Waals surface area contributed by atoms with Crippen LogP contribution < -0.4 is 61.5 Å². The molecule has 0 radical (unpaired) electrons. The van der Waals surface area contributed by atoms with Crippen LogP contribution in [0.5, 0.6) is 23.0 Å². The summed E-state index contributed by atoms with van der Waals surface area (Å²) >= 11 is 0. The van der Waals surface area contributed by atoms with Crippen LogP contribution in [0.1, 0.15) is 300 Å². The number of carbonyl (C=O) groups is 4. The van der Waals surface area contributed by atoms with Crippen molar-refractivity contribution in [1.29, 1.82) is 0 Å². The van der Waals surface area contributed by atoms with E-state index in [2.05, 4.69) is 70.2 Å². The molecule has 16 nitrogen and oxygen atoms in total. The Kier molecular flexibility index (Phi) is 39.2. The Bertz CT molecular complexity index is 3650. The molecule has 8 aromatic carbocycles. The summed E-state index contributed by atoms with van der Waals surface area (Å²) in [5.41, 5.74) is 15.2. The maximum absolute atomic E-state index is 14.7. The predicted molar refractivity (Wildman–Crippen MR) is 485 cm³/mol. The van der Waals surface area contributed by atoms with E-state index in [0.717, 1.165) is 169 Å². The number of nitrogens with one attached hydrogen (secondary N) is 8. The van der Waals surface area contributed by atoms with Gasteiger partial charge in [-0.3, -0.25) is 0 Å². The van der Waals surface area contributed by atoms with Crippen molar-refractivity contribution < 1.29 is 38.1 Å². The number of urea groups is 4. The number of benzene rings is 8. The highest BCUT2D eigenvalue weighted by Crippen LogP contribution is 2.44. The molecule has 0 spiro atoms. The highest BCUT2D eigenvalue weighted by atomic mass is 16.5. The van der Waals surface area contributed by atoms with Crippen LogP contribution in [0.15, 0.2) is 146 Å². The Hall–Kier alpha value is -9.96. The average molecular weight is 1580 g/mol. The molecule has 9 rings (SSSR count). The summed E-state index contributed by atoms with van der Waals surface area (Å²) in [4.78, 5) is 58.7. The highest BCUT2D eigenvalue weighted by molar-refractivity contribution is 6.02. The molecule has 0 atom stereocenters. The van der Waals surface area contributed by atoms with Crippen LogP contribution in [0.4, 0.5) is 64.7 Å². The van der Waals surface area contributed by atoms with Crippen molar-refractivity contribution in [3.05, 3.63) is 212 Å². The standard InChI is InChI=1S/C100H136N8O8/c1-9-13-17-21-25-29-33-37-57-113-93-77-61-79-67-90(106-98(110)102-86-51-43-74(6)44-52-86)69-81(94(79)114-58-38-34-30-26-22-18-14-10-2)63-83-71-92(108-100(112)104-88-55-47-76(8)48-56-88)72-84(96(83)116-60-40-36-32-28-24-20-16-12-4)64-82-70-91(107-99(111)103-87-53-45-75(7)46-54-87)68-80(95(82)115-59-39-35-31-27-23-19-15-11-3)62-78(93)66-89(65-77)105-97(109)101-85-49-41-73(5)42-50-85/h41-56,65-72H,9-40,57-64H2,1-8H3,(H2,101,105,109)(H2,102,106,110)(H2,103,107,111)(H2,104,108,112). The third kappa shape index (κ3) is 31.9. The normalized spacial score (nSPS) is 11.7. The number of hydrogen-bond acceptors (Lipinski definition) is 8. The number of unbranched alkanes of at least 4 members (excludes halogenated alkanes) is 28. The first kappa shape index (κ1) is 90.0. The predicted octanol–water partition coefficient (Wildman–Crippen LogP) is 28.3. The Labute approximate surface area is 694 Å². The molecule has 0 saturated carbocycles. The van der Waals surface area contributed by atoms with Crippen LogP contribution in [0.2, 0.25) is 0 Å². The second-order valence-electron chi connectivity index (χ2n) is 32.3. The molecular weight excluding hydrogens is 1440 g/mol. The maximum Gasteiger partial charge on any atom is 0.323 e. The summed E-state index contributed by atoms with van der Waals surface area (Å²) < 4.78 is 29.6. The molecule has 8 bridgehead atoms. The topological polar surface area (TPSA) is 201 Å². The van der Waals surface area contributed by atoms with Crippen molar-refractivity contribution in [3.63, 3.8) is 0 Å². The van der Waals surface area contributed by atoms with Gasteiger partial charge in [-0.15, -0.1) is 0 Å². The summed E-state index contributed by atoms with van der Waals surface area (Å²) in [6.07, 6.45) is 36.6. The molecule has 1 aliphatic carbocycles. The van der Waals surface area contributed by atoms with Crippen LogP contribution in [-0.2, 0) is 25.7 Å². The van der Waals surface area contributed by atoms with Gasteiger partial charge in [-0.05, 0) is 150 Å². The minimum absolute atomic E-state index is 0.228. The Morgan fingerprint density at radius 3 is 0.526 bits per heavy atom. The van der Waals surface area contributed by atoms with Gasteiger partial charge >= 0.3 is 24.1 Å². The fourth-order valence-electron chi connectivity index (χ4n) is 15.3. The summed E-state index contributed by atoms with van der Waals surface area (Å²) in [6, 6.07) is 45.5. The van der Waals surface area contributed by atoms with E-state index in [-0.39, 0.29) is 25.7 Å². The Morgan fingerprint density at radius 2 is 0.362 bits per heavy atom. The molecule has 0 aromatic heterocycles. The molecule has 8 amide bonds. The van der Waals surface area contributed by atoms with Gasteiger partial charge in [0.25, 0.3) is 0 Å². The van der Waals surface area contributed by atoms with Gasteiger partial charge in [0.2, 0.25) is 0 Å². The van der Waals surface area contributed by atoms with Crippen molar-refractivity contribution in [2.45, 2.75) is 287 Å². The van der Waals surface area contributed by atoms with Crippen LogP contribution in [0.25, 0.3) is 0 Å². The number of hydrogen-bond donors (Lipinski definition) is 8. The van der Waals surface area contributed by atoms with Crippen molar-refractivity contribution >= 4 is 69.6 Å². The minimum Gasteiger partial charge on any atom is -0.493 e. The number of carbonyl (C=O) groups excluding carboxylic acids is 4. The van der Waals surface area contributed by atoms with Gasteiger partial charge in [0, 0.05) is 116 Å². The lowest BCUT2D eigenvalue weighted by atomic mass is 9.90. The SMILES string of the molecule is CCCCCCCCCCOc1c2cc(NC(=O)Nc3ccc(C)cc3)cc1Cc1cc(NC(=O)Nc3ccc(C)cc3)cc(c1OCCCCCCCCCC)Cc1cc(NC(=O)Nc3ccc(C)cc3)cc(c1OCCCCCCCCCC)Cc1cc(NC(=O)Nc3ccc(C)cc3)cc(c1OCCCCCCCCCC)C2. The second-order valence-corrected chi connectivity index (χ2v) is 32.3. The van der Waals surface area contributed by atoms with Crippen LogP contribution in [-0.4, -0.2) is 50.6 Å². The molecule has 0 aliphatic heterocycles. The molecular formula is C100H136N8O8. The fourth-order valence-corrected chi connectivity index (χ4v) is 15.3. The second kappa shape index (κ2) is 50.5. The quantitative estimate of drug-likeness (QED) is 0.0172. The van der Waals surface area contributed by atoms with Crippen molar-refractivity contribution in [2.75, 3.05) is 69.0 Å². The van der Waals surface area contributed by atoms with Gasteiger partial charge < -0.3 is 61.5 Å². The summed E-state index contributed by atoms with van der Waals surface area (Å²) in [5.74, 6) is 2.62. The van der Waals surface area contributed by atoms with Gasteiger partial charge in [0.1, 0.15) is 23.0 Å². The molecule has 8 N–H and O–H groups in total. The number of anilines is 8. The Morgan fingerprint density at radius 1 is 0.216 bits per heavy atom. The van der Waals surface area contributed by atoms with E-state index in [0.29, 0.717) is 94.9 Å². The first-order valence-corrected chi connectivity index (χ1v) is 44.3. The van der Waals surface area contributed by atoms with E-state index in [9.17, 15) is 19.2 Å². The summed E-state index contributed by atoms with van der Waals surface area (Å²) in [7, 11) is 0. The minimum atomic E-state index is -0.423. The van der Waals surface area contributed by atoms with Crippen LogP contribution >= 0.6 is 0 Å². The average Bonchev–Trinajstić information content (AvgIpc) is 0.770. The molecule has 0 fully saturated rings. The summed E-state index contributed by atoms with van der Waals surface area (Å²) in [6.45, 7) is 18.8. The van der Waals surface area contributed by atoms with Crippen molar-refractivity contribution in [3.8, 4) is 23.0 Å². The van der Waals surface area contributed by atoms with E-state index >= 15 is 0 Å². The fraction of sp³-hybridized carbons (Fsp3) is 0.480. The molecule has 0 heterocycles. The highest BCUT2D eigenvalue weighted by Gasteiger charge is 2.27. The molecule has 8 aromatic rings. The van der Waals surface area contributed by atoms with Gasteiger partial charge in [0.15, 0.2) is 0 Å². The van der Waals surface area contributed by atoms with E-state index in [4.69, 9.17) is 18.9 Å². The zero-order valence-electron chi connectivity index (χ0n) is 71.4. The number of ether oxygens (including phenoxy) is 4. The Balaban J connectivity index is 1.30. The lowest BCUT2D eigenvalue weighted by Crippen LogP contribution is -2.21. The zero-order valence-corrected chi connectivity index (χ0v) is 71.4. The van der Waals surface area contributed by atoms with Gasteiger partial charge in [0.05, 0.1) is 26.4 Å². The molecule has 624 valence electrons. The number of aryl methyl sites for hydroxylation is 4. The molecule has 1 aliphatic rings. The molecule has 0 unspecified atom stereocenters. The van der Waals surface area contributed by atoms with Gasteiger partial charge in [-0.2, -0.15) is 0 Å². The van der Waals surface area contributed by atoms with E-state index < -0.39 is 24.1 Å². The number of rotatable bonds is 48. The largest absolute Gasteiger partial charge is 0.493 e. The van der Waals surface area contributed by atoms with Gasteiger partial charge in [-0.25, -0.2) is 19.2 Å². The van der Waals surface area contributed by atoms with E-state index in [1.165, 1.54) is 103 Å².